The summed E-state index contributed by atoms with van der Waals surface area (Å²) < 4.78 is 23.4. The normalized spacial score (nSPS) is 19.1. The third-order valence-electron chi connectivity index (χ3n) is 4.37. The van der Waals surface area contributed by atoms with Gasteiger partial charge in [0, 0.05) is 19.1 Å². The van der Waals surface area contributed by atoms with Gasteiger partial charge in [0.05, 0.1) is 23.4 Å². The highest BCUT2D eigenvalue weighted by Crippen LogP contribution is 2.23. The topological polar surface area (TPSA) is 82.6 Å². The molecule has 1 aliphatic heterocycles. The van der Waals surface area contributed by atoms with Crippen LogP contribution in [0.2, 0.25) is 0 Å². The lowest BCUT2D eigenvalue weighted by Crippen LogP contribution is -2.36. The van der Waals surface area contributed by atoms with E-state index in [0.717, 1.165) is 18.7 Å². The highest BCUT2D eigenvalue weighted by Gasteiger charge is 2.31. The number of sulfone groups is 1. The first-order valence-corrected chi connectivity index (χ1v) is 10.5. The highest BCUT2D eigenvalue weighted by atomic mass is 32.2. The van der Waals surface area contributed by atoms with Gasteiger partial charge in [-0.2, -0.15) is 0 Å². The smallest absolute Gasteiger partial charge is 0.269 e. The molecule has 8 heteroatoms. The quantitative estimate of drug-likeness (QED) is 0.683. The van der Waals surface area contributed by atoms with Crippen molar-refractivity contribution < 1.29 is 13.2 Å². The van der Waals surface area contributed by atoms with E-state index in [1.165, 1.54) is 0 Å². The molecule has 1 aromatic heterocycles. The standard InChI is InChI=1S/C17H28N4O3S/c1-4-21(15-8-11-25(23,24)13-15)14-6-7-16(19-12-14)17(22)18-9-5-10-20(2)3/h6-7,12,15H,4-5,8-11,13H2,1-3H3,(H,18,22). The van der Waals surface area contributed by atoms with Crippen LogP contribution in [0.15, 0.2) is 18.3 Å². The molecule has 140 valence electrons. The fourth-order valence-corrected chi connectivity index (χ4v) is 4.78. The maximum atomic E-state index is 12.1. The second-order valence-corrected chi connectivity index (χ2v) is 8.89. The first kappa shape index (κ1) is 19.7. The van der Waals surface area contributed by atoms with E-state index in [9.17, 15) is 13.2 Å². The molecule has 1 fully saturated rings. The van der Waals surface area contributed by atoms with Crippen molar-refractivity contribution in [3.63, 3.8) is 0 Å². The lowest BCUT2D eigenvalue weighted by atomic mass is 10.2. The summed E-state index contributed by atoms with van der Waals surface area (Å²) in [5.41, 5.74) is 1.23. The van der Waals surface area contributed by atoms with E-state index in [2.05, 4.69) is 20.1 Å². The van der Waals surface area contributed by atoms with E-state index < -0.39 is 9.84 Å². The van der Waals surface area contributed by atoms with Crippen molar-refractivity contribution in [1.82, 2.24) is 15.2 Å². The molecule has 0 saturated carbocycles. The molecule has 1 amide bonds. The van der Waals surface area contributed by atoms with Crippen molar-refractivity contribution in [2.24, 2.45) is 0 Å². The number of nitrogens with one attached hydrogen (secondary N) is 1. The second-order valence-electron chi connectivity index (χ2n) is 6.66. The Balaban J connectivity index is 1.95. The van der Waals surface area contributed by atoms with Crippen LogP contribution in [0.3, 0.4) is 0 Å². The Labute approximate surface area is 150 Å². The second kappa shape index (κ2) is 8.62. The Morgan fingerprint density at radius 1 is 1.36 bits per heavy atom. The summed E-state index contributed by atoms with van der Waals surface area (Å²) in [6, 6.07) is 3.53. The summed E-state index contributed by atoms with van der Waals surface area (Å²) in [5.74, 6) is 0.251. The minimum absolute atomic E-state index is 0.0116. The minimum atomic E-state index is -2.93. The Hall–Kier alpha value is -1.67. The molecule has 2 rings (SSSR count). The molecule has 1 aliphatic rings. The molecule has 0 spiro atoms. The summed E-state index contributed by atoms with van der Waals surface area (Å²) in [7, 11) is 1.07. The van der Waals surface area contributed by atoms with E-state index in [4.69, 9.17) is 0 Å². The minimum Gasteiger partial charge on any atom is -0.367 e. The third kappa shape index (κ3) is 5.67. The zero-order chi connectivity index (χ0) is 18.4. The zero-order valence-electron chi connectivity index (χ0n) is 15.2. The Bertz CT molecular complexity index is 674. The number of amides is 1. The number of carbonyl (C=O) groups excluding carboxylic acids is 1. The first-order chi connectivity index (χ1) is 11.8. The molecule has 1 saturated heterocycles. The summed E-state index contributed by atoms with van der Waals surface area (Å²) in [6.07, 6.45) is 3.18. The molecular weight excluding hydrogens is 340 g/mol. The predicted octanol–water partition coefficient (Wildman–Crippen LogP) is 0.777. The Morgan fingerprint density at radius 3 is 2.64 bits per heavy atom. The maximum Gasteiger partial charge on any atom is 0.269 e. The number of pyridine rings is 1. The molecule has 1 aromatic rings. The number of rotatable bonds is 8. The van der Waals surface area contributed by atoms with E-state index in [0.29, 0.717) is 25.2 Å². The van der Waals surface area contributed by atoms with Gasteiger partial charge in [-0.25, -0.2) is 13.4 Å². The van der Waals surface area contributed by atoms with Gasteiger partial charge in [0.25, 0.3) is 5.91 Å². The van der Waals surface area contributed by atoms with E-state index >= 15 is 0 Å². The largest absolute Gasteiger partial charge is 0.367 e. The molecule has 1 N–H and O–H groups in total. The lowest BCUT2D eigenvalue weighted by molar-refractivity contribution is 0.0947. The first-order valence-electron chi connectivity index (χ1n) is 8.68. The van der Waals surface area contributed by atoms with E-state index in [1.807, 2.05) is 27.1 Å². The summed E-state index contributed by atoms with van der Waals surface area (Å²) in [4.78, 5) is 20.5. The van der Waals surface area contributed by atoms with Gasteiger partial charge in [0.1, 0.15) is 5.69 Å². The number of hydrogen-bond acceptors (Lipinski definition) is 6. The van der Waals surface area contributed by atoms with E-state index in [1.54, 1.807) is 12.3 Å². The van der Waals surface area contributed by atoms with Crippen LogP contribution in [0, 0.1) is 0 Å². The van der Waals surface area contributed by atoms with Crippen LogP contribution in [0.4, 0.5) is 5.69 Å². The molecule has 7 nitrogen and oxygen atoms in total. The van der Waals surface area contributed by atoms with Crippen molar-refractivity contribution in [3.05, 3.63) is 24.0 Å². The van der Waals surface area contributed by atoms with Crippen molar-refractivity contribution >= 4 is 21.4 Å². The molecule has 0 radical (unpaired) electrons. The van der Waals surface area contributed by atoms with Crippen molar-refractivity contribution in [3.8, 4) is 0 Å². The van der Waals surface area contributed by atoms with E-state index in [-0.39, 0.29) is 23.5 Å². The van der Waals surface area contributed by atoms with Crippen LogP contribution in [-0.4, -0.2) is 75.5 Å². The molecule has 1 atom stereocenters. The lowest BCUT2D eigenvalue weighted by Gasteiger charge is -2.28. The monoisotopic (exact) mass is 368 g/mol. The van der Waals surface area contributed by atoms with Gasteiger partial charge in [0.15, 0.2) is 9.84 Å². The Kier molecular flexibility index (Phi) is 6.78. The average Bonchev–Trinajstić information content (AvgIpc) is 2.92. The van der Waals surface area contributed by atoms with Crippen LogP contribution in [0.5, 0.6) is 0 Å². The van der Waals surface area contributed by atoms with Gasteiger partial charge >= 0.3 is 0 Å². The van der Waals surface area contributed by atoms with Gasteiger partial charge in [0.2, 0.25) is 0 Å². The van der Waals surface area contributed by atoms with Crippen LogP contribution >= 0.6 is 0 Å². The molecule has 25 heavy (non-hydrogen) atoms. The summed E-state index contributed by atoms with van der Waals surface area (Å²) in [6.45, 7) is 4.23. The summed E-state index contributed by atoms with van der Waals surface area (Å²) in [5, 5.41) is 2.86. The number of hydrogen-bond donors (Lipinski definition) is 1. The van der Waals surface area contributed by atoms with Gasteiger partial charge in [-0.3, -0.25) is 4.79 Å². The van der Waals surface area contributed by atoms with Gasteiger partial charge in [-0.05, 0) is 52.5 Å². The Morgan fingerprint density at radius 2 is 2.12 bits per heavy atom. The van der Waals surface area contributed by atoms with Crippen LogP contribution in [0.25, 0.3) is 0 Å². The van der Waals surface area contributed by atoms with Gasteiger partial charge < -0.3 is 15.1 Å². The number of nitrogens with zero attached hydrogens (tertiary/aromatic N) is 3. The molecule has 2 heterocycles. The third-order valence-corrected chi connectivity index (χ3v) is 6.12. The van der Waals surface area contributed by atoms with Gasteiger partial charge in [-0.1, -0.05) is 0 Å². The van der Waals surface area contributed by atoms with Crippen molar-refractivity contribution in [2.75, 3.05) is 50.1 Å². The number of anilines is 1. The molecular formula is C17H28N4O3S. The van der Waals surface area contributed by atoms with Crippen molar-refractivity contribution in [2.45, 2.75) is 25.8 Å². The fourth-order valence-electron chi connectivity index (χ4n) is 3.05. The predicted molar refractivity (Wildman–Crippen MR) is 99.8 cm³/mol. The van der Waals surface area contributed by atoms with Crippen LogP contribution in [-0.2, 0) is 9.84 Å². The van der Waals surface area contributed by atoms with Crippen molar-refractivity contribution in [1.29, 1.82) is 0 Å². The zero-order valence-corrected chi connectivity index (χ0v) is 16.1. The maximum absolute atomic E-state index is 12.1. The molecule has 0 bridgehead atoms. The summed E-state index contributed by atoms with van der Waals surface area (Å²) >= 11 is 0. The molecule has 0 aromatic carbocycles. The SMILES string of the molecule is CCN(c1ccc(C(=O)NCCCN(C)C)nc1)C1CCS(=O)(=O)C1. The number of carbonyl (C=O) groups is 1. The van der Waals surface area contributed by atoms with Gasteiger partial charge in [-0.15, -0.1) is 0 Å². The average molecular weight is 369 g/mol. The van der Waals surface area contributed by atoms with Crippen LogP contribution < -0.4 is 10.2 Å². The highest BCUT2D eigenvalue weighted by molar-refractivity contribution is 7.91. The molecule has 0 aliphatic carbocycles. The van der Waals surface area contributed by atoms with Crippen LogP contribution in [0.1, 0.15) is 30.3 Å². The fraction of sp³-hybridized carbons (Fsp3) is 0.647. The molecule has 1 unspecified atom stereocenters. The number of aromatic nitrogens is 1.